The summed E-state index contributed by atoms with van der Waals surface area (Å²) in [6.45, 7) is 2.44. The van der Waals surface area contributed by atoms with Gasteiger partial charge in [-0.1, -0.05) is 54.6 Å². The minimum absolute atomic E-state index is 0.0782. The zero-order valence-corrected chi connectivity index (χ0v) is 27.5. The molecule has 1 saturated carbocycles. The van der Waals surface area contributed by atoms with E-state index >= 15 is 0 Å². The van der Waals surface area contributed by atoms with Crippen LogP contribution in [0.5, 0.6) is 0 Å². The first-order chi connectivity index (χ1) is 21.7. The zero-order valence-electron chi connectivity index (χ0n) is 25.9. The summed E-state index contributed by atoms with van der Waals surface area (Å²) in [6, 6.07) is 21.3. The second kappa shape index (κ2) is 13.6. The van der Waals surface area contributed by atoms with Crippen LogP contribution >= 0.6 is 0 Å². The Morgan fingerprint density at radius 1 is 0.891 bits per heavy atom. The molecule has 0 radical (unpaired) electrons. The zero-order chi connectivity index (χ0) is 33.1. The third kappa shape index (κ3) is 8.38. The van der Waals surface area contributed by atoms with Gasteiger partial charge in [-0.2, -0.15) is 4.31 Å². The lowest BCUT2D eigenvalue weighted by atomic mass is 10.0. The lowest BCUT2D eigenvalue weighted by Crippen LogP contribution is -2.57. The van der Waals surface area contributed by atoms with Crippen molar-refractivity contribution >= 4 is 31.7 Å². The molecule has 46 heavy (non-hydrogen) atoms. The van der Waals surface area contributed by atoms with E-state index in [9.17, 15) is 30.8 Å². The molecule has 5 rings (SSSR count). The van der Waals surface area contributed by atoms with Gasteiger partial charge in [0.15, 0.2) is 9.84 Å². The fraction of sp³-hybridized carbons (Fsp3) is 0.394. The highest BCUT2D eigenvalue weighted by molar-refractivity contribution is 7.91. The molecular formula is C33H39FN4O6S2. The Bertz CT molecular complexity index is 1760. The first kappa shape index (κ1) is 33.7. The number of sulfonamides is 1. The summed E-state index contributed by atoms with van der Waals surface area (Å²) in [5.74, 6) is -2.22. The summed E-state index contributed by atoms with van der Waals surface area (Å²) < 4.78 is 65.2. The molecule has 1 heterocycles. The van der Waals surface area contributed by atoms with Gasteiger partial charge in [0.25, 0.3) is 5.91 Å². The largest absolute Gasteiger partial charge is 0.339 e. The summed E-state index contributed by atoms with van der Waals surface area (Å²) in [5, 5.41) is 5.95. The van der Waals surface area contributed by atoms with Crippen LogP contribution in [-0.4, -0.2) is 99.9 Å². The molecule has 0 spiro atoms. The first-order valence-corrected chi connectivity index (χ1v) is 18.8. The molecule has 1 saturated heterocycles. The second-order valence-electron chi connectivity index (χ2n) is 12.2. The summed E-state index contributed by atoms with van der Waals surface area (Å²) >= 11 is 0. The van der Waals surface area contributed by atoms with Crippen LogP contribution in [-0.2, 0) is 24.7 Å². The van der Waals surface area contributed by atoms with E-state index in [4.69, 9.17) is 0 Å². The van der Waals surface area contributed by atoms with Crippen molar-refractivity contribution in [2.24, 2.45) is 0 Å². The van der Waals surface area contributed by atoms with E-state index in [1.807, 2.05) is 37.3 Å². The summed E-state index contributed by atoms with van der Waals surface area (Å²) in [4.78, 5) is 28.3. The minimum atomic E-state index is -3.83. The lowest BCUT2D eigenvalue weighted by Gasteiger charge is -2.35. The van der Waals surface area contributed by atoms with Gasteiger partial charge in [0.05, 0.1) is 17.8 Å². The van der Waals surface area contributed by atoms with E-state index in [2.05, 4.69) is 10.6 Å². The standard InChI is InChI=1S/C33H39FN4O6S2/c1-33(22-29(33)26-12-14-28(34)15-13-26)35-16-21-46(43,44)23-30(32(40)37-17-19-38(20-18-37)45(2,41)42)36-31(39)27-10-8-25(9-11-27)24-6-4-3-5-7-24/h3-15,29-30,35H,16-23H2,1-2H3,(H,36,39)/t29-,30+,33?/m0/s1. The van der Waals surface area contributed by atoms with Gasteiger partial charge in [0, 0.05) is 49.7 Å². The molecule has 2 aliphatic rings. The van der Waals surface area contributed by atoms with Crippen LogP contribution in [0, 0.1) is 5.82 Å². The van der Waals surface area contributed by atoms with Crippen molar-refractivity contribution in [1.29, 1.82) is 0 Å². The van der Waals surface area contributed by atoms with E-state index in [0.29, 0.717) is 0 Å². The van der Waals surface area contributed by atoms with Crippen molar-refractivity contribution in [3.05, 3.63) is 95.8 Å². The number of amides is 2. The Morgan fingerprint density at radius 2 is 1.50 bits per heavy atom. The van der Waals surface area contributed by atoms with Crippen LogP contribution in [0.2, 0.25) is 0 Å². The summed E-state index contributed by atoms with van der Waals surface area (Å²) in [5.41, 5.74) is 2.78. The molecule has 246 valence electrons. The Balaban J connectivity index is 1.25. The molecule has 2 amide bonds. The van der Waals surface area contributed by atoms with Crippen LogP contribution < -0.4 is 10.6 Å². The quantitative estimate of drug-likeness (QED) is 0.303. The van der Waals surface area contributed by atoms with Gasteiger partial charge in [0.2, 0.25) is 15.9 Å². The Morgan fingerprint density at radius 3 is 2.11 bits per heavy atom. The molecule has 2 N–H and O–H groups in total. The maximum absolute atomic E-state index is 13.6. The number of hydrogen-bond acceptors (Lipinski definition) is 7. The number of nitrogens with zero attached hydrogens (tertiary/aromatic N) is 2. The van der Waals surface area contributed by atoms with Crippen molar-refractivity contribution < 1.29 is 30.8 Å². The van der Waals surface area contributed by atoms with Crippen LogP contribution in [0.25, 0.3) is 11.1 Å². The molecule has 1 aliphatic carbocycles. The van der Waals surface area contributed by atoms with Gasteiger partial charge < -0.3 is 15.5 Å². The minimum Gasteiger partial charge on any atom is -0.339 e. The number of nitrogens with one attached hydrogen (secondary N) is 2. The molecule has 0 aromatic heterocycles. The fourth-order valence-electron chi connectivity index (χ4n) is 5.89. The van der Waals surface area contributed by atoms with Crippen LogP contribution in [0.3, 0.4) is 0 Å². The highest BCUT2D eigenvalue weighted by Gasteiger charge is 2.50. The molecule has 10 nitrogen and oxygen atoms in total. The molecule has 3 aromatic rings. The average Bonchev–Trinajstić information content (AvgIpc) is 3.71. The van der Waals surface area contributed by atoms with Gasteiger partial charge in [-0.25, -0.2) is 21.2 Å². The van der Waals surface area contributed by atoms with E-state index in [-0.39, 0.29) is 61.3 Å². The van der Waals surface area contributed by atoms with Crippen molar-refractivity contribution in [3.8, 4) is 11.1 Å². The number of hydrogen-bond donors (Lipinski definition) is 2. The van der Waals surface area contributed by atoms with Gasteiger partial charge in [-0.15, -0.1) is 0 Å². The monoisotopic (exact) mass is 670 g/mol. The molecule has 1 aliphatic heterocycles. The van der Waals surface area contributed by atoms with Gasteiger partial charge in [-0.05, 0) is 54.3 Å². The molecule has 1 unspecified atom stereocenters. The second-order valence-corrected chi connectivity index (χ2v) is 16.4. The van der Waals surface area contributed by atoms with E-state index < -0.39 is 43.5 Å². The maximum Gasteiger partial charge on any atom is 0.251 e. The molecule has 0 bridgehead atoms. The van der Waals surface area contributed by atoms with Gasteiger partial charge in [-0.3, -0.25) is 9.59 Å². The third-order valence-electron chi connectivity index (χ3n) is 8.75. The summed E-state index contributed by atoms with van der Waals surface area (Å²) in [7, 11) is -7.27. The number of piperazine rings is 1. The number of benzene rings is 3. The number of carbonyl (C=O) groups is 2. The van der Waals surface area contributed by atoms with Gasteiger partial charge in [0.1, 0.15) is 11.9 Å². The molecular weight excluding hydrogens is 632 g/mol. The number of rotatable bonds is 12. The number of carbonyl (C=O) groups excluding carboxylic acids is 2. The van der Waals surface area contributed by atoms with E-state index in [1.54, 1.807) is 36.4 Å². The number of halogens is 1. The summed E-state index contributed by atoms with van der Waals surface area (Å²) in [6.07, 6.45) is 1.87. The Hall–Kier alpha value is -3.65. The SMILES string of the molecule is CC1(NCCS(=O)(=O)C[C@@H](NC(=O)c2ccc(-c3ccccc3)cc2)C(=O)N2CCN(S(C)(=O)=O)CC2)C[C@H]1c1ccc(F)cc1. The normalized spacial score (nSPS) is 21.0. The van der Waals surface area contributed by atoms with Crippen LogP contribution in [0.4, 0.5) is 4.39 Å². The average molecular weight is 671 g/mol. The van der Waals surface area contributed by atoms with E-state index in [0.717, 1.165) is 29.4 Å². The molecule has 2 fully saturated rings. The number of sulfone groups is 1. The molecule has 3 atom stereocenters. The van der Waals surface area contributed by atoms with Crippen LogP contribution in [0.1, 0.15) is 35.2 Å². The van der Waals surface area contributed by atoms with Gasteiger partial charge >= 0.3 is 0 Å². The van der Waals surface area contributed by atoms with Crippen molar-refractivity contribution in [3.63, 3.8) is 0 Å². The van der Waals surface area contributed by atoms with Crippen molar-refractivity contribution in [2.45, 2.75) is 30.8 Å². The van der Waals surface area contributed by atoms with Crippen molar-refractivity contribution in [2.75, 3.05) is 50.5 Å². The highest BCUT2D eigenvalue weighted by atomic mass is 32.2. The lowest BCUT2D eigenvalue weighted by molar-refractivity contribution is -0.133. The van der Waals surface area contributed by atoms with Crippen LogP contribution in [0.15, 0.2) is 78.9 Å². The first-order valence-electron chi connectivity index (χ1n) is 15.2. The van der Waals surface area contributed by atoms with Crippen molar-refractivity contribution in [1.82, 2.24) is 19.8 Å². The fourth-order valence-corrected chi connectivity index (χ4v) is 8.03. The Kier molecular flexibility index (Phi) is 9.97. The molecule has 13 heteroatoms. The predicted molar refractivity (Wildman–Crippen MR) is 175 cm³/mol. The highest BCUT2D eigenvalue weighted by Crippen LogP contribution is 2.50. The third-order valence-corrected chi connectivity index (χ3v) is 11.7. The topological polar surface area (TPSA) is 133 Å². The molecule has 3 aromatic carbocycles. The van der Waals surface area contributed by atoms with E-state index in [1.165, 1.54) is 21.3 Å². The Labute approximate surface area is 270 Å². The predicted octanol–water partition coefficient (Wildman–Crippen LogP) is 2.65. The maximum atomic E-state index is 13.6. The smallest absolute Gasteiger partial charge is 0.251 e.